The molecule has 19 nitrogen and oxygen atoms in total. The van der Waals surface area contributed by atoms with Gasteiger partial charge in [0, 0.05) is 93.6 Å². The molecule has 434 valence electrons. The fourth-order valence-electron chi connectivity index (χ4n) is 9.61. The van der Waals surface area contributed by atoms with Crippen LogP contribution in [0.15, 0.2) is 113 Å². The van der Waals surface area contributed by atoms with Crippen LogP contribution in [-0.4, -0.2) is 173 Å². The fraction of sp³-hybridized carbons (Fsp3) is 0.482. The first-order valence-corrected chi connectivity index (χ1v) is 29.3. The summed E-state index contributed by atoms with van der Waals surface area (Å²) in [5.74, 6) is 13.2. The molecule has 2 aromatic heterocycles. The number of nitrogen functional groups attached to an aromatic ring is 1. The van der Waals surface area contributed by atoms with Gasteiger partial charge in [-0.25, -0.2) is 22.9 Å². The summed E-state index contributed by atoms with van der Waals surface area (Å²) in [5, 5.41) is 8.95. The van der Waals surface area contributed by atoms with Crippen LogP contribution in [0.4, 0.5) is 30.2 Å². The number of benzene rings is 3. The first-order chi connectivity index (χ1) is 38.8. The van der Waals surface area contributed by atoms with E-state index in [1.807, 2.05) is 14.7 Å². The van der Waals surface area contributed by atoms with Crippen molar-refractivity contribution in [3.05, 3.63) is 109 Å². The Balaban J connectivity index is 0.656. The van der Waals surface area contributed by atoms with Crippen LogP contribution in [0.1, 0.15) is 37.8 Å². The molecule has 0 saturated carbocycles. The molecule has 0 amide bonds. The summed E-state index contributed by atoms with van der Waals surface area (Å²) in [4.78, 5) is 8.09. The zero-order valence-corrected chi connectivity index (χ0v) is 46.6. The molecule has 0 radical (unpaired) electrons. The van der Waals surface area contributed by atoms with Crippen LogP contribution in [0.2, 0.25) is 0 Å². The molecule has 0 spiro atoms. The Morgan fingerprint density at radius 2 is 1.48 bits per heavy atom. The number of hydrogen-bond donors (Lipinski definition) is 5. The number of ether oxygens (including phenoxy) is 6. The summed E-state index contributed by atoms with van der Waals surface area (Å²) < 4.78 is 107. The lowest BCUT2D eigenvalue weighted by molar-refractivity contribution is -0.140. The summed E-state index contributed by atoms with van der Waals surface area (Å²) in [5.41, 5.74) is 15.3. The van der Waals surface area contributed by atoms with E-state index in [0.717, 1.165) is 69.5 Å². The van der Waals surface area contributed by atoms with Crippen LogP contribution >= 0.6 is 0 Å². The molecule has 2 atom stereocenters. The van der Waals surface area contributed by atoms with Crippen molar-refractivity contribution in [2.24, 2.45) is 11.6 Å². The van der Waals surface area contributed by atoms with Gasteiger partial charge in [-0.15, -0.1) is 0 Å². The highest BCUT2D eigenvalue weighted by atomic mass is 32.2. The second-order valence-electron chi connectivity index (χ2n) is 19.5. The first-order valence-electron chi connectivity index (χ1n) is 27.1. The summed E-state index contributed by atoms with van der Waals surface area (Å²) in [6.07, 6.45) is 5.11. The number of alkyl halides is 3. The maximum atomic E-state index is 13.9. The average Bonchev–Trinajstić information content (AvgIpc) is 3.60. The third-order valence-electron chi connectivity index (χ3n) is 13.6. The van der Waals surface area contributed by atoms with Crippen molar-refractivity contribution < 1.29 is 50.0 Å². The molecule has 0 bridgehead atoms. The van der Waals surface area contributed by atoms with E-state index >= 15 is 0 Å². The van der Waals surface area contributed by atoms with Gasteiger partial charge in [0.25, 0.3) is 0 Å². The summed E-state index contributed by atoms with van der Waals surface area (Å²) in [7, 11) is -2.74. The molecule has 0 aliphatic carbocycles. The number of piperidine rings is 1. The van der Waals surface area contributed by atoms with Crippen molar-refractivity contribution in [2.45, 2.75) is 66.7 Å². The minimum atomic E-state index is -4.43. The molecule has 24 heteroatoms. The maximum absolute atomic E-state index is 13.9. The minimum Gasteiger partial charge on any atom is -0.489 e. The Hall–Kier alpha value is -5.98. The lowest BCUT2D eigenvalue weighted by Crippen LogP contribution is -2.46. The van der Waals surface area contributed by atoms with Crippen molar-refractivity contribution >= 4 is 49.9 Å². The lowest BCUT2D eigenvalue weighted by atomic mass is 9.99. The van der Waals surface area contributed by atoms with Crippen LogP contribution in [0.3, 0.4) is 0 Å². The van der Waals surface area contributed by atoms with Crippen LogP contribution < -0.4 is 37.4 Å². The van der Waals surface area contributed by atoms with E-state index in [9.17, 15) is 21.6 Å². The fourth-order valence-corrected chi connectivity index (χ4v) is 12.1. The Kier molecular flexibility index (Phi) is 23.1. The molecule has 8 rings (SSSR count). The number of likely N-dealkylation sites (tertiary alicyclic amines) is 1. The maximum Gasteiger partial charge on any atom is 0.406 e. The standard InChI is InChI=1S/C56H74F3N11O8S2/c57-56(58,59)42-70-48(37-53-54(8-2-9-55(53)70)65-45-14-21-66(22-15-45)47-16-26-73-27-17-47)6-3-18-64-46-36-50(39-63-38-46)77-34-33-76-32-31-75-30-29-74-28-25-67(62)40-44(61)41-78-49-10-12-51(13-11-49)79(71)68-19-4-20-69(24-23-68)80(72)52-7-1-5-43(60)35-52/h1-2,5,7-13,35-40,45,47,64-65H,4,14-34,41-42,60-62H2/b44-40-. The summed E-state index contributed by atoms with van der Waals surface area (Å²) in [6.45, 7) is 7.74. The predicted molar refractivity (Wildman–Crippen MR) is 304 cm³/mol. The zero-order valence-electron chi connectivity index (χ0n) is 45.0. The molecule has 8 N–H and O–H groups in total. The quantitative estimate of drug-likeness (QED) is 0.0135. The van der Waals surface area contributed by atoms with Gasteiger partial charge in [0.15, 0.2) is 0 Å². The predicted octanol–water partition coefficient (Wildman–Crippen LogP) is 5.94. The highest BCUT2D eigenvalue weighted by molar-refractivity contribution is 7.83. The molecule has 80 heavy (non-hydrogen) atoms. The van der Waals surface area contributed by atoms with Crippen LogP contribution in [-0.2, 0) is 47.5 Å². The van der Waals surface area contributed by atoms with Gasteiger partial charge in [0.05, 0.1) is 97.5 Å². The topological polar surface area (TPSA) is 222 Å². The second-order valence-corrected chi connectivity index (χ2v) is 22.5. The number of nitrogens with one attached hydrogen (secondary N) is 2. The largest absolute Gasteiger partial charge is 0.489 e. The number of halogens is 3. The number of nitrogens with zero attached hydrogens (tertiary/aromatic N) is 6. The summed E-state index contributed by atoms with van der Waals surface area (Å²) in [6, 6.07) is 23.9. The Bertz CT molecular complexity index is 2880. The molecule has 3 aliphatic heterocycles. The van der Waals surface area contributed by atoms with E-state index in [4.69, 9.17) is 45.7 Å². The molecule has 5 aromatic rings. The average molecular weight is 1150 g/mol. The zero-order chi connectivity index (χ0) is 56.1. The number of anilines is 3. The second kappa shape index (κ2) is 30.7. The number of aromatic nitrogens is 2. The third kappa shape index (κ3) is 18.8. The van der Waals surface area contributed by atoms with E-state index in [1.165, 1.54) is 9.58 Å². The van der Waals surface area contributed by atoms with Crippen molar-refractivity contribution in [3.63, 3.8) is 0 Å². The molecule has 3 fully saturated rings. The van der Waals surface area contributed by atoms with Gasteiger partial charge in [-0.2, -0.15) is 13.2 Å². The van der Waals surface area contributed by atoms with Crippen molar-refractivity contribution in [1.29, 1.82) is 0 Å². The van der Waals surface area contributed by atoms with E-state index in [-0.39, 0.29) is 31.5 Å². The first kappa shape index (κ1) is 60.1. The molecule has 3 saturated heterocycles. The van der Waals surface area contributed by atoms with Gasteiger partial charge in [-0.1, -0.05) is 18.1 Å². The van der Waals surface area contributed by atoms with Crippen LogP contribution in [0.5, 0.6) is 11.5 Å². The summed E-state index contributed by atoms with van der Waals surface area (Å²) >= 11 is 0. The Morgan fingerprint density at radius 1 is 0.787 bits per heavy atom. The third-order valence-corrected chi connectivity index (χ3v) is 16.6. The van der Waals surface area contributed by atoms with Gasteiger partial charge >= 0.3 is 6.18 Å². The normalized spacial score (nSPS) is 17.3. The van der Waals surface area contributed by atoms with Crippen molar-refractivity contribution in [2.75, 3.05) is 135 Å². The van der Waals surface area contributed by atoms with E-state index in [2.05, 4.69) is 32.4 Å². The number of rotatable bonds is 27. The monoisotopic (exact) mass is 1150 g/mol. The van der Waals surface area contributed by atoms with E-state index in [1.54, 1.807) is 91.4 Å². The molecule has 2 unspecified atom stereocenters. The number of nitrogens with two attached hydrogens (primary N) is 3. The van der Waals surface area contributed by atoms with Crippen molar-refractivity contribution in [3.8, 4) is 23.3 Å². The van der Waals surface area contributed by atoms with Gasteiger partial charge in [-0.3, -0.25) is 4.98 Å². The van der Waals surface area contributed by atoms with Crippen molar-refractivity contribution in [1.82, 2.24) is 28.1 Å². The van der Waals surface area contributed by atoms with Gasteiger partial charge in [-0.05, 0) is 98.7 Å². The van der Waals surface area contributed by atoms with Gasteiger partial charge in [0.2, 0.25) is 0 Å². The SMILES string of the molecule is N/C(=C\N(N)CCOCCOCCOCCOc1cncc(NCC#Cc2cc3c(NC4CCN(C5CCOCC5)CC4)cccc3n2CC(F)(F)F)c1)COc1ccc(S(=O)N2CCCN(S(=O)c3cccc(N)c3)CC2)cc1. The van der Waals surface area contributed by atoms with Crippen LogP contribution in [0.25, 0.3) is 10.9 Å². The molecule has 5 heterocycles. The number of hydrogen-bond acceptors (Lipinski definition) is 16. The number of hydrazine groups is 1. The minimum absolute atomic E-state index is 0.0960. The van der Waals surface area contributed by atoms with E-state index in [0.29, 0.717) is 122 Å². The smallest absolute Gasteiger partial charge is 0.406 e. The lowest BCUT2D eigenvalue weighted by Gasteiger charge is -2.39. The molecular weight excluding hydrogens is 1080 g/mol. The highest BCUT2D eigenvalue weighted by Gasteiger charge is 2.31. The molecule has 3 aromatic carbocycles. The van der Waals surface area contributed by atoms with Gasteiger partial charge in [0.1, 0.15) is 53.2 Å². The molecular formula is C56H74F3N11O8S2. The Labute approximate surface area is 471 Å². The number of fused-ring (bicyclic) bond motifs is 1. The highest BCUT2D eigenvalue weighted by Crippen LogP contribution is 2.32. The van der Waals surface area contributed by atoms with Gasteiger partial charge < -0.3 is 65.0 Å². The van der Waals surface area contributed by atoms with Crippen LogP contribution in [0, 0.1) is 11.8 Å². The number of pyridine rings is 1. The van der Waals surface area contributed by atoms with E-state index < -0.39 is 34.7 Å². The Morgan fingerprint density at radius 3 is 2.19 bits per heavy atom. The molecule has 3 aliphatic rings.